The number of methoxy groups -OCH3 is 1. The molecule has 1 aliphatic rings. The maximum Gasteiger partial charge on any atom is 0.252 e. The zero-order valence-corrected chi connectivity index (χ0v) is 16.8. The summed E-state index contributed by atoms with van der Waals surface area (Å²) >= 11 is 5.98. The highest BCUT2D eigenvalue weighted by molar-refractivity contribution is 6.29. The number of rotatable bonds is 6. The molecule has 2 atom stereocenters. The van der Waals surface area contributed by atoms with Crippen LogP contribution in [0.1, 0.15) is 16.4 Å². The number of hydrogen-bond acceptors (Lipinski definition) is 6. The van der Waals surface area contributed by atoms with Crippen LogP contribution in [0.5, 0.6) is 5.75 Å². The highest BCUT2D eigenvalue weighted by Gasteiger charge is 2.30. The quantitative estimate of drug-likeness (QED) is 0.580. The third kappa shape index (κ3) is 3.81. The Kier molecular flexibility index (Phi) is 5.56. The van der Waals surface area contributed by atoms with Crippen LogP contribution in [0.25, 0.3) is 11.1 Å². The predicted octanol–water partition coefficient (Wildman–Crippen LogP) is 3.36. The number of alkyl halides is 1. The molecule has 1 saturated heterocycles. The van der Waals surface area contributed by atoms with Crippen LogP contribution in [0.15, 0.2) is 42.9 Å². The molecule has 0 bridgehead atoms. The third-order valence-corrected chi connectivity index (χ3v) is 5.07. The average Bonchev–Trinajstić information content (AvgIpc) is 3.36. The monoisotopic (exact) mass is 431 g/mol. The van der Waals surface area contributed by atoms with E-state index in [-0.39, 0.29) is 23.9 Å². The number of amides is 1. The van der Waals surface area contributed by atoms with Gasteiger partial charge in [-0.3, -0.25) is 9.48 Å². The molecule has 4 rings (SSSR count). The SMILES string of the molecule is COc1c(Nc2cc(Cl)ncc2C(N)=O)cccc1-c1cnn([C@H]2COC[C@@H]2F)c1. The molecule has 8 nitrogen and oxygen atoms in total. The van der Waals surface area contributed by atoms with Gasteiger partial charge in [0, 0.05) is 23.5 Å². The van der Waals surface area contributed by atoms with E-state index >= 15 is 0 Å². The van der Waals surface area contributed by atoms with Crippen LogP contribution in [0.4, 0.5) is 15.8 Å². The summed E-state index contributed by atoms with van der Waals surface area (Å²) in [5, 5.41) is 7.64. The topological polar surface area (TPSA) is 104 Å². The van der Waals surface area contributed by atoms with Crippen molar-refractivity contribution in [3.8, 4) is 16.9 Å². The summed E-state index contributed by atoms with van der Waals surface area (Å²) in [6.45, 7) is 0.346. The van der Waals surface area contributed by atoms with Gasteiger partial charge in [0.2, 0.25) is 0 Å². The second-order valence-corrected chi connectivity index (χ2v) is 7.15. The van der Waals surface area contributed by atoms with E-state index < -0.39 is 18.1 Å². The van der Waals surface area contributed by atoms with Crippen LogP contribution in [0, 0.1) is 0 Å². The molecule has 1 amide bonds. The number of primary amides is 1. The number of nitrogens with one attached hydrogen (secondary N) is 1. The summed E-state index contributed by atoms with van der Waals surface area (Å²) in [5.74, 6) is -0.127. The smallest absolute Gasteiger partial charge is 0.252 e. The first-order chi connectivity index (χ1) is 14.5. The summed E-state index contributed by atoms with van der Waals surface area (Å²) in [7, 11) is 1.53. The summed E-state index contributed by atoms with van der Waals surface area (Å²) in [5.41, 5.74) is 8.10. The van der Waals surface area contributed by atoms with E-state index in [9.17, 15) is 9.18 Å². The first-order valence-corrected chi connectivity index (χ1v) is 9.51. The number of para-hydroxylation sites is 1. The number of nitrogens with two attached hydrogens (primary N) is 1. The van der Waals surface area contributed by atoms with Gasteiger partial charge in [-0.15, -0.1) is 0 Å². The summed E-state index contributed by atoms with van der Waals surface area (Å²) < 4.78 is 26.4. The molecule has 0 unspecified atom stereocenters. The van der Waals surface area contributed by atoms with Crippen LogP contribution in [0.2, 0.25) is 5.15 Å². The van der Waals surface area contributed by atoms with E-state index in [1.807, 2.05) is 12.1 Å². The number of anilines is 2. The molecule has 1 fully saturated rings. The Balaban J connectivity index is 1.70. The van der Waals surface area contributed by atoms with E-state index in [1.165, 1.54) is 19.4 Å². The number of nitrogens with zero attached hydrogens (tertiary/aromatic N) is 3. The Morgan fingerprint density at radius 3 is 2.90 bits per heavy atom. The molecule has 2 aromatic heterocycles. The summed E-state index contributed by atoms with van der Waals surface area (Å²) in [4.78, 5) is 15.6. The van der Waals surface area contributed by atoms with E-state index in [2.05, 4.69) is 15.4 Å². The molecule has 0 spiro atoms. The van der Waals surface area contributed by atoms with Crippen LogP contribution >= 0.6 is 11.6 Å². The lowest BCUT2D eigenvalue weighted by Crippen LogP contribution is -2.18. The number of halogens is 2. The number of pyridine rings is 1. The molecular formula is C20H19ClFN5O3. The van der Waals surface area contributed by atoms with Gasteiger partial charge < -0.3 is 20.5 Å². The summed E-state index contributed by atoms with van der Waals surface area (Å²) in [6.07, 6.45) is 3.61. The lowest BCUT2D eigenvalue weighted by molar-refractivity contribution is 0.100. The highest BCUT2D eigenvalue weighted by atomic mass is 35.5. The minimum atomic E-state index is -1.10. The zero-order valence-electron chi connectivity index (χ0n) is 16.0. The number of hydrogen-bond donors (Lipinski definition) is 2. The molecule has 0 aliphatic carbocycles. The third-order valence-electron chi connectivity index (χ3n) is 4.86. The Morgan fingerprint density at radius 1 is 1.37 bits per heavy atom. The normalized spacial score (nSPS) is 18.4. The zero-order chi connectivity index (χ0) is 21.3. The maximum absolute atomic E-state index is 14.0. The fourth-order valence-electron chi connectivity index (χ4n) is 3.37. The number of carbonyl (C=O) groups is 1. The molecule has 0 radical (unpaired) electrons. The minimum Gasteiger partial charge on any atom is -0.494 e. The van der Waals surface area contributed by atoms with Crippen LogP contribution in [0.3, 0.4) is 0 Å². The van der Waals surface area contributed by atoms with Gasteiger partial charge in [0.15, 0.2) is 0 Å². The molecular weight excluding hydrogens is 413 g/mol. The van der Waals surface area contributed by atoms with E-state index in [4.69, 9.17) is 26.8 Å². The van der Waals surface area contributed by atoms with Gasteiger partial charge in [-0.2, -0.15) is 5.10 Å². The van der Waals surface area contributed by atoms with Gasteiger partial charge in [-0.05, 0) is 12.1 Å². The van der Waals surface area contributed by atoms with Crippen molar-refractivity contribution in [3.63, 3.8) is 0 Å². The van der Waals surface area contributed by atoms with Crippen molar-refractivity contribution in [2.75, 3.05) is 25.6 Å². The lowest BCUT2D eigenvalue weighted by atomic mass is 10.1. The van der Waals surface area contributed by atoms with Gasteiger partial charge in [0.1, 0.15) is 23.1 Å². The number of ether oxygens (including phenoxy) is 2. The van der Waals surface area contributed by atoms with Gasteiger partial charge in [0.05, 0.1) is 43.5 Å². The first-order valence-electron chi connectivity index (χ1n) is 9.13. The molecule has 1 aliphatic heterocycles. The predicted molar refractivity (Wildman–Crippen MR) is 110 cm³/mol. The molecule has 0 saturated carbocycles. The van der Waals surface area contributed by atoms with Gasteiger partial charge in [0.25, 0.3) is 5.91 Å². The molecule has 10 heteroatoms. The number of benzene rings is 1. The fraction of sp³-hybridized carbons (Fsp3) is 0.250. The first kappa shape index (κ1) is 20.1. The van der Waals surface area contributed by atoms with Crippen molar-refractivity contribution in [1.29, 1.82) is 0 Å². The van der Waals surface area contributed by atoms with Crippen molar-refractivity contribution in [1.82, 2.24) is 14.8 Å². The standard InChI is InChI=1S/C20H19ClFN5O3/c1-29-19-12(11-6-25-27(8-11)17-10-30-9-14(17)22)3-2-4-15(19)26-16-5-18(21)24-7-13(16)20(23)28/h2-8,14,17H,9-10H2,1H3,(H2,23,28)(H,24,26)/t14-,17-/m0/s1. The number of aromatic nitrogens is 3. The largest absolute Gasteiger partial charge is 0.494 e. The highest BCUT2D eigenvalue weighted by Crippen LogP contribution is 2.39. The van der Waals surface area contributed by atoms with Crippen molar-refractivity contribution in [3.05, 3.63) is 53.6 Å². The van der Waals surface area contributed by atoms with Gasteiger partial charge >= 0.3 is 0 Å². The van der Waals surface area contributed by atoms with Gasteiger partial charge in [-0.1, -0.05) is 23.7 Å². The molecule has 30 heavy (non-hydrogen) atoms. The van der Waals surface area contributed by atoms with Crippen LogP contribution in [-0.4, -0.2) is 47.2 Å². The second kappa shape index (κ2) is 8.29. The molecule has 3 aromatic rings. The Hall–Kier alpha value is -3.17. The van der Waals surface area contributed by atoms with Crippen LogP contribution in [-0.2, 0) is 4.74 Å². The number of carbonyl (C=O) groups excluding carboxylic acids is 1. The van der Waals surface area contributed by atoms with Crippen molar-refractivity contribution >= 4 is 28.9 Å². The Bertz CT molecular complexity index is 1090. The van der Waals surface area contributed by atoms with Crippen molar-refractivity contribution in [2.45, 2.75) is 12.2 Å². The van der Waals surface area contributed by atoms with E-state index in [0.717, 1.165) is 11.1 Å². The molecule has 3 N–H and O–H groups in total. The van der Waals surface area contributed by atoms with E-state index in [0.29, 0.717) is 17.1 Å². The summed E-state index contributed by atoms with van der Waals surface area (Å²) in [6, 6.07) is 6.52. The van der Waals surface area contributed by atoms with Crippen molar-refractivity contribution < 1.29 is 18.7 Å². The van der Waals surface area contributed by atoms with Gasteiger partial charge in [-0.25, -0.2) is 9.37 Å². The maximum atomic E-state index is 14.0. The fourth-order valence-corrected chi connectivity index (χ4v) is 3.53. The minimum absolute atomic E-state index is 0.0687. The Morgan fingerprint density at radius 2 is 2.20 bits per heavy atom. The molecule has 1 aromatic carbocycles. The second-order valence-electron chi connectivity index (χ2n) is 6.76. The Labute approximate surface area is 176 Å². The lowest BCUT2D eigenvalue weighted by Gasteiger charge is -2.16. The van der Waals surface area contributed by atoms with Crippen LogP contribution < -0.4 is 15.8 Å². The average molecular weight is 432 g/mol. The van der Waals surface area contributed by atoms with Crippen molar-refractivity contribution in [2.24, 2.45) is 5.73 Å². The molecule has 156 valence electrons. The molecule has 3 heterocycles. The van der Waals surface area contributed by atoms with E-state index in [1.54, 1.807) is 23.1 Å².